The molecule has 0 amide bonds. The van der Waals surface area contributed by atoms with Gasteiger partial charge >= 0.3 is 0 Å². The number of aliphatic hydroxyl groups excluding tert-OH is 1. The summed E-state index contributed by atoms with van der Waals surface area (Å²) in [7, 11) is 0. The number of aromatic nitrogens is 1. The molecule has 0 bridgehead atoms. The zero-order chi connectivity index (χ0) is 12.1. The van der Waals surface area contributed by atoms with Crippen LogP contribution in [0, 0.1) is 0 Å². The minimum atomic E-state index is 0.0851. The van der Waals surface area contributed by atoms with E-state index in [9.17, 15) is 0 Å². The number of aryl methyl sites for hydroxylation is 1. The van der Waals surface area contributed by atoms with Gasteiger partial charge < -0.3 is 15.0 Å². The maximum Gasteiger partial charge on any atom is 0.0682 e. The van der Waals surface area contributed by atoms with Crippen molar-refractivity contribution in [3.63, 3.8) is 0 Å². The van der Waals surface area contributed by atoms with Gasteiger partial charge in [0.25, 0.3) is 0 Å². The number of aliphatic hydroxyl groups is 1. The molecule has 17 heavy (non-hydrogen) atoms. The molecule has 0 atom stereocenters. The molecule has 0 fully saturated rings. The highest BCUT2D eigenvalue weighted by Crippen LogP contribution is 2.12. The Morgan fingerprint density at radius 1 is 1.24 bits per heavy atom. The standard InChI is InChI=1S/C14H18N2O/c1-2-16-7-6-13(10-16)9-15-14-5-3-4-12(8-14)11-17/h3-8,10,15,17H,2,9,11H2,1H3. The van der Waals surface area contributed by atoms with E-state index in [4.69, 9.17) is 5.11 Å². The van der Waals surface area contributed by atoms with Crippen molar-refractivity contribution in [3.8, 4) is 0 Å². The Bertz CT molecular complexity index is 477. The van der Waals surface area contributed by atoms with Crippen LogP contribution in [0.2, 0.25) is 0 Å². The van der Waals surface area contributed by atoms with Crippen molar-refractivity contribution in [1.82, 2.24) is 4.57 Å². The van der Waals surface area contributed by atoms with E-state index >= 15 is 0 Å². The highest BCUT2D eigenvalue weighted by molar-refractivity contribution is 5.46. The average Bonchev–Trinajstić information content (AvgIpc) is 2.84. The molecule has 90 valence electrons. The van der Waals surface area contributed by atoms with Crippen LogP contribution in [0.4, 0.5) is 5.69 Å². The van der Waals surface area contributed by atoms with E-state index in [1.165, 1.54) is 5.56 Å². The maximum absolute atomic E-state index is 9.05. The molecule has 1 aromatic heterocycles. The van der Waals surface area contributed by atoms with Gasteiger partial charge in [-0.05, 0) is 36.2 Å². The molecule has 2 aromatic rings. The molecule has 1 heterocycles. The molecule has 0 aliphatic rings. The Balaban J connectivity index is 1.96. The molecular weight excluding hydrogens is 212 g/mol. The van der Waals surface area contributed by atoms with E-state index in [0.29, 0.717) is 0 Å². The van der Waals surface area contributed by atoms with E-state index in [1.807, 2.05) is 24.3 Å². The molecule has 0 aliphatic heterocycles. The van der Waals surface area contributed by atoms with Crippen LogP contribution in [0.1, 0.15) is 18.1 Å². The summed E-state index contributed by atoms with van der Waals surface area (Å²) in [5.74, 6) is 0. The molecule has 3 heteroatoms. The normalized spacial score (nSPS) is 10.5. The average molecular weight is 230 g/mol. The third-order valence-electron chi connectivity index (χ3n) is 2.78. The zero-order valence-electron chi connectivity index (χ0n) is 10.1. The molecule has 3 nitrogen and oxygen atoms in total. The Morgan fingerprint density at radius 2 is 2.12 bits per heavy atom. The van der Waals surface area contributed by atoms with Gasteiger partial charge in [0.05, 0.1) is 6.61 Å². The van der Waals surface area contributed by atoms with Crippen molar-refractivity contribution >= 4 is 5.69 Å². The first kappa shape index (κ1) is 11.7. The number of hydrogen-bond donors (Lipinski definition) is 2. The van der Waals surface area contributed by atoms with Gasteiger partial charge in [-0.3, -0.25) is 0 Å². The molecule has 0 radical (unpaired) electrons. The highest BCUT2D eigenvalue weighted by Gasteiger charge is 1.97. The first-order valence-electron chi connectivity index (χ1n) is 5.90. The van der Waals surface area contributed by atoms with Crippen LogP contribution in [0.15, 0.2) is 42.7 Å². The van der Waals surface area contributed by atoms with Crippen molar-refractivity contribution in [2.75, 3.05) is 5.32 Å². The lowest BCUT2D eigenvalue weighted by molar-refractivity contribution is 0.282. The van der Waals surface area contributed by atoms with E-state index in [2.05, 4.69) is 35.3 Å². The lowest BCUT2D eigenvalue weighted by atomic mass is 10.2. The summed E-state index contributed by atoms with van der Waals surface area (Å²) in [6.45, 7) is 4.02. The summed E-state index contributed by atoms with van der Waals surface area (Å²) < 4.78 is 2.15. The third-order valence-corrected chi connectivity index (χ3v) is 2.78. The molecule has 0 saturated heterocycles. The largest absolute Gasteiger partial charge is 0.392 e. The lowest BCUT2D eigenvalue weighted by Gasteiger charge is -2.06. The Labute approximate surface area is 102 Å². The third kappa shape index (κ3) is 3.11. The van der Waals surface area contributed by atoms with Gasteiger partial charge in [-0.2, -0.15) is 0 Å². The van der Waals surface area contributed by atoms with Crippen molar-refractivity contribution in [2.45, 2.75) is 26.6 Å². The lowest BCUT2D eigenvalue weighted by Crippen LogP contribution is -1.99. The second kappa shape index (κ2) is 5.55. The summed E-state index contributed by atoms with van der Waals surface area (Å²) in [5.41, 5.74) is 3.24. The van der Waals surface area contributed by atoms with E-state index < -0.39 is 0 Å². The van der Waals surface area contributed by atoms with Crippen molar-refractivity contribution in [2.24, 2.45) is 0 Å². The molecule has 0 unspecified atom stereocenters. The first-order chi connectivity index (χ1) is 8.31. The van der Waals surface area contributed by atoms with Gasteiger partial charge in [-0.25, -0.2) is 0 Å². The first-order valence-corrected chi connectivity index (χ1v) is 5.90. The van der Waals surface area contributed by atoms with Crippen LogP contribution < -0.4 is 5.32 Å². The van der Waals surface area contributed by atoms with Crippen LogP contribution in [0.25, 0.3) is 0 Å². The topological polar surface area (TPSA) is 37.2 Å². The van der Waals surface area contributed by atoms with Crippen LogP contribution in [-0.4, -0.2) is 9.67 Å². The van der Waals surface area contributed by atoms with E-state index in [-0.39, 0.29) is 6.61 Å². The van der Waals surface area contributed by atoms with E-state index in [1.54, 1.807) is 0 Å². The van der Waals surface area contributed by atoms with Gasteiger partial charge in [0.2, 0.25) is 0 Å². The number of rotatable bonds is 5. The highest BCUT2D eigenvalue weighted by atomic mass is 16.3. The van der Waals surface area contributed by atoms with Crippen LogP contribution >= 0.6 is 0 Å². The minimum absolute atomic E-state index is 0.0851. The predicted octanol–water partition coefficient (Wildman–Crippen LogP) is 2.61. The predicted molar refractivity (Wildman–Crippen MR) is 69.8 cm³/mol. The summed E-state index contributed by atoms with van der Waals surface area (Å²) in [6.07, 6.45) is 4.23. The molecule has 0 aliphatic carbocycles. The van der Waals surface area contributed by atoms with Crippen LogP contribution in [0.5, 0.6) is 0 Å². The smallest absolute Gasteiger partial charge is 0.0682 e. The fraction of sp³-hybridized carbons (Fsp3) is 0.286. The van der Waals surface area contributed by atoms with Crippen molar-refractivity contribution < 1.29 is 5.11 Å². The Hall–Kier alpha value is -1.74. The molecule has 1 aromatic carbocycles. The minimum Gasteiger partial charge on any atom is -0.392 e. The SMILES string of the molecule is CCn1ccc(CNc2cccc(CO)c2)c1. The van der Waals surface area contributed by atoms with Gasteiger partial charge in [-0.1, -0.05) is 12.1 Å². The number of anilines is 1. The van der Waals surface area contributed by atoms with Crippen molar-refractivity contribution in [1.29, 1.82) is 0 Å². The van der Waals surface area contributed by atoms with Gasteiger partial charge in [-0.15, -0.1) is 0 Å². The summed E-state index contributed by atoms with van der Waals surface area (Å²) in [6, 6.07) is 9.96. The quantitative estimate of drug-likeness (QED) is 0.828. The molecule has 0 spiro atoms. The van der Waals surface area contributed by atoms with Crippen LogP contribution in [0.3, 0.4) is 0 Å². The fourth-order valence-corrected chi connectivity index (χ4v) is 1.78. The number of nitrogens with zero attached hydrogens (tertiary/aromatic N) is 1. The summed E-state index contributed by atoms with van der Waals surface area (Å²) >= 11 is 0. The van der Waals surface area contributed by atoms with Crippen LogP contribution in [-0.2, 0) is 19.7 Å². The summed E-state index contributed by atoms with van der Waals surface area (Å²) in [5, 5.41) is 12.4. The van der Waals surface area contributed by atoms with Gasteiger partial charge in [0.15, 0.2) is 0 Å². The molecule has 0 saturated carbocycles. The molecule has 2 rings (SSSR count). The monoisotopic (exact) mass is 230 g/mol. The van der Waals surface area contributed by atoms with E-state index in [0.717, 1.165) is 24.3 Å². The van der Waals surface area contributed by atoms with Gasteiger partial charge in [0, 0.05) is 31.2 Å². The van der Waals surface area contributed by atoms with Gasteiger partial charge in [0.1, 0.15) is 0 Å². The number of benzene rings is 1. The second-order valence-corrected chi connectivity index (χ2v) is 4.06. The summed E-state index contributed by atoms with van der Waals surface area (Å²) in [4.78, 5) is 0. The van der Waals surface area contributed by atoms with Crippen molar-refractivity contribution in [3.05, 3.63) is 53.9 Å². The fourth-order valence-electron chi connectivity index (χ4n) is 1.78. The number of nitrogens with one attached hydrogen (secondary N) is 1. The Kier molecular flexibility index (Phi) is 3.83. The Morgan fingerprint density at radius 3 is 2.82 bits per heavy atom. The maximum atomic E-state index is 9.05. The molecular formula is C14H18N2O. The molecule has 2 N–H and O–H groups in total. The number of hydrogen-bond acceptors (Lipinski definition) is 2. The zero-order valence-corrected chi connectivity index (χ0v) is 10.1. The second-order valence-electron chi connectivity index (χ2n) is 4.06.